The van der Waals surface area contributed by atoms with Gasteiger partial charge in [-0.25, -0.2) is 9.97 Å². The Morgan fingerprint density at radius 1 is 1.27 bits per heavy atom. The zero-order chi connectivity index (χ0) is 21.9. The molecule has 0 saturated carbocycles. The molecule has 0 aromatic carbocycles. The SMILES string of the molecule is CCn1cc(-c2cc(C(F)(F)F)nc(SCC(=O)NCc3cnn(C)c3)n2)c(C)n1. The second-order valence-corrected chi connectivity index (χ2v) is 7.43. The van der Waals surface area contributed by atoms with Gasteiger partial charge in [-0.05, 0) is 19.9 Å². The fraction of sp³-hybridized carbons (Fsp3) is 0.389. The molecule has 1 amide bonds. The second-order valence-electron chi connectivity index (χ2n) is 6.49. The predicted octanol–water partition coefficient (Wildman–Crippen LogP) is 2.83. The summed E-state index contributed by atoms with van der Waals surface area (Å²) in [7, 11) is 1.76. The van der Waals surface area contributed by atoms with Gasteiger partial charge >= 0.3 is 6.18 Å². The van der Waals surface area contributed by atoms with E-state index >= 15 is 0 Å². The lowest BCUT2D eigenvalue weighted by atomic mass is 10.1. The summed E-state index contributed by atoms with van der Waals surface area (Å²) in [6, 6.07) is 0.899. The topological polar surface area (TPSA) is 90.5 Å². The molecule has 0 aliphatic rings. The van der Waals surface area contributed by atoms with Crippen molar-refractivity contribution in [1.82, 2.24) is 34.8 Å². The molecule has 0 unspecified atom stereocenters. The molecule has 0 spiro atoms. The Morgan fingerprint density at radius 2 is 2.03 bits per heavy atom. The Balaban J connectivity index is 1.76. The lowest BCUT2D eigenvalue weighted by Gasteiger charge is -2.10. The number of aryl methyl sites for hydroxylation is 3. The van der Waals surface area contributed by atoms with Crippen molar-refractivity contribution in [2.45, 2.75) is 38.3 Å². The van der Waals surface area contributed by atoms with Gasteiger partial charge in [-0.2, -0.15) is 23.4 Å². The maximum atomic E-state index is 13.3. The van der Waals surface area contributed by atoms with Gasteiger partial charge in [-0.15, -0.1) is 0 Å². The third kappa shape index (κ3) is 5.38. The molecule has 8 nitrogen and oxygen atoms in total. The number of hydrogen-bond acceptors (Lipinski definition) is 6. The van der Waals surface area contributed by atoms with Crippen LogP contribution < -0.4 is 5.32 Å². The summed E-state index contributed by atoms with van der Waals surface area (Å²) < 4.78 is 43.2. The highest BCUT2D eigenvalue weighted by Gasteiger charge is 2.34. The van der Waals surface area contributed by atoms with Crippen LogP contribution in [0.3, 0.4) is 0 Å². The summed E-state index contributed by atoms with van der Waals surface area (Å²) in [4.78, 5) is 19.9. The fourth-order valence-corrected chi connectivity index (χ4v) is 3.34. The highest BCUT2D eigenvalue weighted by molar-refractivity contribution is 7.99. The first kappa shape index (κ1) is 21.8. The molecule has 0 fully saturated rings. The predicted molar refractivity (Wildman–Crippen MR) is 104 cm³/mol. The largest absolute Gasteiger partial charge is 0.433 e. The smallest absolute Gasteiger partial charge is 0.351 e. The van der Waals surface area contributed by atoms with Crippen LogP contribution in [0.25, 0.3) is 11.3 Å². The number of aromatic nitrogens is 6. The number of nitrogens with one attached hydrogen (secondary N) is 1. The molecule has 0 bridgehead atoms. The monoisotopic (exact) mass is 439 g/mol. The second kappa shape index (κ2) is 8.86. The van der Waals surface area contributed by atoms with Crippen LogP contribution in [0, 0.1) is 6.92 Å². The number of thioether (sulfide) groups is 1. The number of carbonyl (C=O) groups is 1. The third-order valence-electron chi connectivity index (χ3n) is 4.12. The summed E-state index contributed by atoms with van der Waals surface area (Å²) in [6.07, 6.45) is 0.389. The van der Waals surface area contributed by atoms with Crippen LogP contribution >= 0.6 is 11.8 Å². The molecule has 3 rings (SSSR count). The fourth-order valence-electron chi connectivity index (χ4n) is 2.65. The van der Waals surface area contributed by atoms with E-state index in [0.29, 0.717) is 17.8 Å². The highest BCUT2D eigenvalue weighted by Crippen LogP contribution is 2.32. The number of rotatable bonds is 7. The van der Waals surface area contributed by atoms with E-state index < -0.39 is 11.9 Å². The average Bonchev–Trinajstić information content (AvgIpc) is 3.28. The van der Waals surface area contributed by atoms with Gasteiger partial charge in [0.05, 0.1) is 23.3 Å². The van der Waals surface area contributed by atoms with Crippen LogP contribution in [0.4, 0.5) is 13.2 Å². The summed E-state index contributed by atoms with van der Waals surface area (Å²) in [6.45, 7) is 4.44. The van der Waals surface area contributed by atoms with Gasteiger partial charge in [-0.3, -0.25) is 14.2 Å². The average molecular weight is 439 g/mol. The molecular weight excluding hydrogens is 419 g/mol. The van der Waals surface area contributed by atoms with Gasteiger partial charge in [0, 0.05) is 43.7 Å². The molecule has 0 saturated heterocycles. The van der Waals surface area contributed by atoms with Crippen molar-refractivity contribution in [2.75, 3.05) is 5.75 Å². The minimum atomic E-state index is -4.63. The zero-order valence-electron chi connectivity index (χ0n) is 16.6. The van der Waals surface area contributed by atoms with E-state index in [-0.39, 0.29) is 29.1 Å². The van der Waals surface area contributed by atoms with Crippen molar-refractivity contribution < 1.29 is 18.0 Å². The normalized spacial score (nSPS) is 11.7. The van der Waals surface area contributed by atoms with E-state index in [9.17, 15) is 18.0 Å². The Hall–Kier alpha value is -2.89. The third-order valence-corrected chi connectivity index (χ3v) is 4.97. The molecule has 0 atom stereocenters. The molecule has 3 aromatic rings. The van der Waals surface area contributed by atoms with Crippen molar-refractivity contribution in [1.29, 1.82) is 0 Å². The lowest BCUT2D eigenvalue weighted by Crippen LogP contribution is -2.24. The Morgan fingerprint density at radius 3 is 2.63 bits per heavy atom. The molecular formula is C18H20F3N7OS. The minimum Gasteiger partial charge on any atom is -0.351 e. The molecule has 1 N–H and O–H groups in total. The maximum absolute atomic E-state index is 13.3. The number of hydrogen-bond donors (Lipinski definition) is 1. The number of amides is 1. The molecule has 30 heavy (non-hydrogen) atoms. The molecule has 0 radical (unpaired) electrons. The first-order valence-corrected chi connectivity index (χ1v) is 10.0. The molecule has 0 aliphatic carbocycles. The van der Waals surface area contributed by atoms with Gasteiger partial charge in [0.15, 0.2) is 5.16 Å². The first-order chi connectivity index (χ1) is 14.2. The van der Waals surface area contributed by atoms with E-state index in [1.807, 2.05) is 6.92 Å². The molecule has 0 aliphatic heterocycles. The summed E-state index contributed by atoms with van der Waals surface area (Å²) >= 11 is 0.844. The van der Waals surface area contributed by atoms with E-state index in [4.69, 9.17) is 0 Å². The van der Waals surface area contributed by atoms with Crippen molar-refractivity contribution >= 4 is 17.7 Å². The number of nitrogens with zero attached hydrogens (tertiary/aromatic N) is 6. The quantitative estimate of drug-likeness (QED) is 0.450. The summed E-state index contributed by atoms with van der Waals surface area (Å²) in [5, 5.41) is 10.8. The van der Waals surface area contributed by atoms with E-state index in [1.165, 1.54) is 0 Å². The van der Waals surface area contributed by atoms with Crippen LogP contribution in [0.1, 0.15) is 23.9 Å². The van der Waals surface area contributed by atoms with Crippen LogP contribution in [0.15, 0.2) is 29.8 Å². The Bertz CT molecular complexity index is 1040. The summed E-state index contributed by atoms with van der Waals surface area (Å²) in [5.41, 5.74) is 0.931. The van der Waals surface area contributed by atoms with Gasteiger partial charge < -0.3 is 5.32 Å². The van der Waals surface area contributed by atoms with E-state index in [2.05, 4.69) is 25.5 Å². The molecule has 3 aromatic heterocycles. The first-order valence-electron chi connectivity index (χ1n) is 9.03. The van der Waals surface area contributed by atoms with Gasteiger partial charge in [-0.1, -0.05) is 11.8 Å². The zero-order valence-corrected chi connectivity index (χ0v) is 17.4. The van der Waals surface area contributed by atoms with Gasteiger partial charge in [0.2, 0.25) is 5.91 Å². The molecule has 160 valence electrons. The lowest BCUT2D eigenvalue weighted by molar-refractivity contribution is -0.141. The van der Waals surface area contributed by atoms with E-state index in [0.717, 1.165) is 23.4 Å². The standard InChI is InChI=1S/C18H20F3N7OS/c1-4-28-9-13(11(2)26-28)14-5-15(18(19,20)21)25-17(24-14)30-10-16(29)22-6-12-7-23-27(3)8-12/h5,7-9H,4,6,10H2,1-3H3,(H,22,29). The highest BCUT2D eigenvalue weighted by atomic mass is 32.2. The number of halogens is 3. The molecule has 12 heteroatoms. The van der Waals surface area contributed by atoms with Crippen LogP contribution in [0.2, 0.25) is 0 Å². The maximum Gasteiger partial charge on any atom is 0.433 e. The van der Waals surface area contributed by atoms with Crippen LogP contribution in [-0.2, 0) is 31.1 Å². The van der Waals surface area contributed by atoms with Crippen molar-refractivity contribution in [3.63, 3.8) is 0 Å². The van der Waals surface area contributed by atoms with Crippen molar-refractivity contribution in [3.05, 3.63) is 41.6 Å². The Kier molecular flexibility index (Phi) is 6.44. The van der Waals surface area contributed by atoms with Gasteiger partial charge in [0.25, 0.3) is 0 Å². The van der Waals surface area contributed by atoms with Crippen molar-refractivity contribution in [2.24, 2.45) is 7.05 Å². The van der Waals surface area contributed by atoms with Crippen molar-refractivity contribution in [3.8, 4) is 11.3 Å². The number of carbonyl (C=O) groups excluding carboxylic acids is 1. The van der Waals surface area contributed by atoms with E-state index in [1.54, 1.807) is 41.9 Å². The Labute approximate surface area is 174 Å². The summed E-state index contributed by atoms with van der Waals surface area (Å²) in [5.74, 6) is -0.463. The number of alkyl halides is 3. The van der Waals surface area contributed by atoms with Crippen LogP contribution in [-0.4, -0.2) is 41.2 Å². The van der Waals surface area contributed by atoms with Gasteiger partial charge in [0.1, 0.15) is 5.69 Å². The minimum absolute atomic E-state index is 0.117. The molecule has 3 heterocycles. The van der Waals surface area contributed by atoms with Crippen LogP contribution in [0.5, 0.6) is 0 Å².